The van der Waals surface area contributed by atoms with Crippen molar-refractivity contribution in [1.82, 2.24) is 14.3 Å². The molecule has 26 heavy (non-hydrogen) atoms. The molecule has 6 heteroatoms. The van der Waals surface area contributed by atoms with Crippen LogP contribution in [0.25, 0.3) is 5.65 Å². The molecular weight excluding hydrogens is 333 g/mol. The summed E-state index contributed by atoms with van der Waals surface area (Å²) in [6.07, 6.45) is 3.13. The highest BCUT2D eigenvalue weighted by atomic mass is 19.1. The van der Waals surface area contributed by atoms with Crippen LogP contribution < -0.4 is 5.56 Å². The van der Waals surface area contributed by atoms with Crippen LogP contribution in [0.2, 0.25) is 0 Å². The van der Waals surface area contributed by atoms with E-state index < -0.39 is 6.10 Å². The van der Waals surface area contributed by atoms with Gasteiger partial charge in [-0.2, -0.15) is 0 Å². The van der Waals surface area contributed by atoms with Crippen molar-refractivity contribution < 1.29 is 9.50 Å². The highest BCUT2D eigenvalue weighted by molar-refractivity contribution is 5.38. The van der Waals surface area contributed by atoms with Crippen molar-refractivity contribution in [1.29, 1.82) is 0 Å². The van der Waals surface area contributed by atoms with E-state index in [1.165, 1.54) is 16.5 Å². The summed E-state index contributed by atoms with van der Waals surface area (Å²) >= 11 is 0. The molecule has 0 amide bonds. The Balaban J connectivity index is 1.54. The lowest BCUT2D eigenvalue weighted by molar-refractivity contribution is 0.104. The molecule has 5 nitrogen and oxygen atoms in total. The Morgan fingerprint density at radius 2 is 2.00 bits per heavy atom. The molecule has 1 saturated carbocycles. The molecule has 0 aliphatic heterocycles. The fourth-order valence-corrected chi connectivity index (χ4v) is 3.19. The highest BCUT2D eigenvalue weighted by Crippen LogP contribution is 2.30. The van der Waals surface area contributed by atoms with Crippen LogP contribution in [-0.2, 0) is 6.54 Å². The maximum Gasteiger partial charge on any atom is 0.258 e. The molecule has 0 saturated heterocycles. The van der Waals surface area contributed by atoms with Crippen molar-refractivity contribution in [2.75, 3.05) is 6.54 Å². The Labute approximate surface area is 150 Å². The maximum atomic E-state index is 13.1. The van der Waals surface area contributed by atoms with E-state index in [1.807, 2.05) is 6.07 Å². The fourth-order valence-electron chi connectivity index (χ4n) is 3.19. The van der Waals surface area contributed by atoms with Gasteiger partial charge in [-0.1, -0.05) is 18.2 Å². The number of aliphatic hydroxyl groups is 1. The summed E-state index contributed by atoms with van der Waals surface area (Å²) < 4.78 is 14.6. The van der Waals surface area contributed by atoms with Gasteiger partial charge in [-0.05, 0) is 42.7 Å². The van der Waals surface area contributed by atoms with Crippen LogP contribution >= 0.6 is 0 Å². The topological polar surface area (TPSA) is 57.8 Å². The summed E-state index contributed by atoms with van der Waals surface area (Å²) in [4.78, 5) is 19.0. The Morgan fingerprint density at radius 1 is 1.23 bits per heavy atom. The van der Waals surface area contributed by atoms with E-state index in [9.17, 15) is 14.3 Å². The number of halogens is 1. The Morgan fingerprint density at radius 3 is 2.73 bits per heavy atom. The minimum Gasteiger partial charge on any atom is -0.387 e. The molecule has 0 spiro atoms. The van der Waals surface area contributed by atoms with Crippen LogP contribution in [0.5, 0.6) is 0 Å². The van der Waals surface area contributed by atoms with E-state index >= 15 is 0 Å². The molecule has 1 N–H and O–H groups in total. The SMILES string of the molecule is O=c1cc(CN(CC(O)c2ccc(F)cc2)C2CC2)nc2ccccn12. The molecule has 1 aliphatic carbocycles. The largest absolute Gasteiger partial charge is 0.387 e. The fraction of sp³-hybridized carbons (Fsp3) is 0.300. The third kappa shape index (κ3) is 3.66. The number of aliphatic hydroxyl groups excluding tert-OH is 1. The summed E-state index contributed by atoms with van der Waals surface area (Å²) in [5, 5.41) is 10.5. The van der Waals surface area contributed by atoms with Gasteiger partial charge in [-0.25, -0.2) is 9.37 Å². The van der Waals surface area contributed by atoms with Crippen molar-refractivity contribution in [3.05, 3.63) is 82.2 Å². The zero-order valence-corrected chi connectivity index (χ0v) is 14.3. The standard InChI is InChI=1S/C20H20FN3O2/c21-15-6-4-14(5-7-15)18(25)13-23(17-8-9-17)12-16-11-20(26)24-10-2-1-3-19(24)22-16/h1-7,10-11,17-18,25H,8-9,12-13H2. The molecule has 1 atom stereocenters. The summed E-state index contributed by atoms with van der Waals surface area (Å²) in [6.45, 7) is 0.926. The lowest BCUT2D eigenvalue weighted by atomic mass is 10.1. The average molecular weight is 353 g/mol. The van der Waals surface area contributed by atoms with Gasteiger partial charge >= 0.3 is 0 Å². The predicted molar refractivity (Wildman–Crippen MR) is 96.3 cm³/mol. The predicted octanol–water partition coefficient (Wildman–Crippen LogP) is 2.53. The first-order chi connectivity index (χ1) is 12.6. The minimum absolute atomic E-state index is 0.111. The highest BCUT2D eigenvalue weighted by Gasteiger charge is 2.31. The molecule has 1 fully saturated rings. The van der Waals surface area contributed by atoms with Gasteiger partial charge in [-0.3, -0.25) is 14.1 Å². The molecule has 1 aromatic carbocycles. The molecule has 0 bridgehead atoms. The van der Waals surface area contributed by atoms with Gasteiger partial charge in [0.25, 0.3) is 5.56 Å². The normalized spacial score (nSPS) is 15.5. The number of fused-ring (bicyclic) bond motifs is 1. The van der Waals surface area contributed by atoms with E-state index in [0.717, 1.165) is 12.8 Å². The summed E-state index contributed by atoms with van der Waals surface area (Å²) in [7, 11) is 0. The van der Waals surface area contributed by atoms with E-state index in [1.54, 1.807) is 36.5 Å². The quantitative estimate of drug-likeness (QED) is 0.740. The van der Waals surface area contributed by atoms with E-state index in [-0.39, 0.29) is 11.4 Å². The zero-order chi connectivity index (χ0) is 18.1. The number of rotatable bonds is 6. The Hall–Kier alpha value is -2.57. The van der Waals surface area contributed by atoms with Crippen LogP contribution in [-0.4, -0.2) is 32.0 Å². The first-order valence-corrected chi connectivity index (χ1v) is 8.75. The van der Waals surface area contributed by atoms with Crippen LogP contribution in [0.3, 0.4) is 0 Å². The van der Waals surface area contributed by atoms with Gasteiger partial charge in [0.05, 0.1) is 11.8 Å². The number of aromatic nitrogens is 2. The first kappa shape index (κ1) is 16.9. The van der Waals surface area contributed by atoms with Crippen molar-refractivity contribution in [3.63, 3.8) is 0 Å². The number of hydrogen-bond donors (Lipinski definition) is 1. The zero-order valence-electron chi connectivity index (χ0n) is 14.3. The molecule has 0 radical (unpaired) electrons. The van der Waals surface area contributed by atoms with Crippen LogP contribution in [0.15, 0.2) is 59.5 Å². The first-order valence-electron chi connectivity index (χ1n) is 8.75. The molecule has 1 unspecified atom stereocenters. The number of hydrogen-bond acceptors (Lipinski definition) is 4. The molecule has 2 heterocycles. The number of benzene rings is 1. The second kappa shape index (κ2) is 6.97. The molecule has 3 aromatic rings. The number of nitrogens with zero attached hydrogens (tertiary/aromatic N) is 3. The lowest BCUT2D eigenvalue weighted by Crippen LogP contribution is -2.31. The van der Waals surface area contributed by atoms with Crippen molar-refractivity contribution in [3.8, 4) is 0 Å². The molecule has 2 aromatic heterocycles. The second-order valence-electron chi connectivity index (χ2n) is 6.74. The van der Waals surface area contributed by atoms with E-state index in [4.69, 9.17) is 0 Å². The minimum atomic E-state index is -0.710. The van der Waals surface area contributed by atoms with Gasteiger partial charge in [0.1, 0.15) is 11.5 Å². The maximum absolute atomic E-state index is 13.1. The molecule has 4 rings (SSSR count). The lowest BCUT2D eigenvalue weighted by Gasteiger charge is -2.25. The molecule has 134 valence electrons. The van der Waals surface area contributed by atoms with Gasteiger partial charge in [0.15, 0.2) is 0 Å². The van der Waals surface area contributed by atoms with Crippen LogP contribution in [0, 0.1) is 5.82 Å². The Bertz CT molecular complexity index is 967. The van der Waals surface area contributed by atoms with E-state index in [0.29, 0.717) is 36.0 Å². The Kier molecular flexibility index (Phi) is 4.53. The van der Waals surface area contributed by atoms with Crippen LogP contribution in [0.4, 0.5) is 4.39 Å². The smallest absolute Gasteiger partial charge is 0.258 e. The van der Waals surface area contributed by atoms with Crippen molar-refractivity contribution in [2.45, 2.75) is 31.5 Å². The monoisotopic (exact) mass is 353 g/mol. The van der Waals surface area contributed by atoms with Crippen molar-refractivity contribution in [2.24, 2.45) is 0 Å². The van der Waals surface area contributed by atoms with Crippen LogP contribution in [0.1, 0.15) is 30.2 Å². The van der Waals surface area contributed by atoms with Gasteiger partial charge in [0.2, 0.25) is 0 Å². The van der Waals surface area contributed by atoms with Gasteiger partial charge in [-0.15, -0.1) is 0 Å². The molecule has 1 aliphatic rings. The summed E-state index contributed by atoms with van der Waals surface area (Å²) in [5.74, 6) is -0.319. The summed E-state index contributed by atoms with van der Waals surface area (Å²) in [5.41, 5.74) is 1.88. The third-order valence-electron chi connectivity index (χ3n) is 4.71. The number of pyridine rings is 1. The second-order valence-corrected chi connectivity index (χ2v) is 6.74. The average Bonchev–Trinajstić information content (AvgIpc) is 3.47. The molecular formula is C20H20FN3O2. The summed E-state index contributed by atoms with van der Waals surface area (Å²) in [6, 6.07) is 13.3. The van der Waals surface area contributed by atoms with Gasteiger partial charge < -0.3 is 5.11 Å². The van der Waals surface area contributed by atoms with Gasteiger partial charge in [0, 0.05) is 31.4 Å². The van der Waals surface area contributed by atoms with E-state index in [2.05, 4.69) is 9.88 Å². The third-order valence-corrected chi connectivity index (χ3v) is 4.71. The van der Waals surface area contributed by atoms with Crippen molar-refractivity contribution >= 4 is 5.65 Å².